The molecule has 2 heteroatoms. The number of aromatic amines is 1. The Morgan fingerprint density at radius 2 is 2.27 bits per heavy atom. The van der Waals surface area contributed by atoms with E-state index in [4.69, 9.17) is 0 Å². The van der Waals surface area contributed by atoms with Crippen molar-refractivity contribution in [2.24, 2.45) is 0 Å². The molecule has 78 valence electrons. The van der Waals surface area contributed by atoms with E-state index in [1.165, 1.54) is 27.7 Å². The quantitative estimate of drug-likeness (QED) is 0.726. The Hall–Kier alpha value is -1.28. The fraction of sp³-hybridized carbons (Fsp3) is 0.385. The zero-order valence-electron chi connectivity index (χ0n) is 9.06. The highest BCUT2D eigenvalue weighted by atomic mass is 14.9. The lowest BCUT2D eigenvalue weighted by molar-refractivity contribution is 0.641. The number of aryl methyl sites for hydroxylation is 1. The third-order valence-corrected chi connectivity index (χ3v) is 3.32. The highest BCUT2D eigenvalue weighted by Crippen LogP contribution is 2.25. The molecule has 0 aliphatic carbocycles. The van der Waals surface area contributed by atoms with E-state index in [-0.39, 0.29) is 0 Å². The van der Waals surface area contributed by atoms with Crippen molar-refractivity contribution in [2.75, 3.05) is 6.54 Å². The van der Waals surface area contributed by atoms with Gasteiger partial charge in [-0.3, -0.25) is 0 Å². The van der Waals surface area contributed by atoms with Crippen LogP contribution in [0.2, 0.25) is 0 Å². The molecule has 1 aliphatic heterocycles. The van der Waals surface area contributed by atoms with E-state index >= 15 is 0 Å². The fourth-order valence-corrected chi connectivity index (χ4v) is 2.41. The molecule has 2 N–H and O–H groups in total. The van der Waals surface area contributed by atoms with Gasteiger partial charge >= 0.3 is 0 Å². The molecule has 0 amide bonds. The van der Waals surface area contributed by atoms with Crippen LogP contribution in [-0.2, 0) is 19.4 Å². The van der Waals surface area contributed by atoms with Gasteiger partial charge in [0.2, 0.25) is 0 Å². The van der Waals surface area contributed by atoms with Crippen molar-refractivity contribution in [3.63, 3.8) is 0 Å². The monoisotopic (exact) mass is 200 g/mol. The molecular weight excluding hydrogens is 184 g/mol. The zero-order valence-corrected chi connectivity index (χ0v) is 9.06. The molecule has 0 radical (unpaired) electrons. The fourth-order valence-electron chi connectivity index (χ4n) is 2.41. The largest absolute Gasteiger partial charge is 0.358 e. The normalized spacial score (nSPS) is 15.5. The molecule has 0 spiro atoms. The molecule has 0 fully saturated rings. The molecule has 0 saturated heterocycles. The van der Waals surface area contributed by atoms with Gasteiger partial charge in [-0.05, 0) is 29.7 Å². The summed E-state index contributed by atoms with van der Waals surface area (Å²) in [5, 5.41) is 4.85. The molecule has 0 unspecified atom stereocenters. The minimum atomic E-state index is 1.02. The van der Waals surface area contributed by atoms with Crippen molar-refractivity contribution >= 4 is 10.9 Å². The van der Waals surface area contributed by atoms with Crippen molar-refractivity contribution in [1.82, 2.24) is 10.3 Å². The van der Waals surface area contributed by atoms with Gasteiger partial charge in [-0.2, -0.15) is 0 Å². The second-order valence-electron chi connectivity index (χ2n) is 4.24. The lowest BCUT2D eigenvalue weighted by Crippen LogP contribution is -2.22. The predicted molar refractivity (Wildman–Crippen MR) is 63.1 cm³/mol. The van der Waals surface area contributed by atoms with E-state index in [2.05, 4.69) is 35.4 Å². The van der Waals surface area contributed by atoms with Crippen LogP contribution >= 0.6 is 0 Å². The molecule has 1 aliphatic rings. The summed E-state index contributed by atoms with van der Waals surface area (Å²) in [5.74, 6) is 0. The molecule has 0 saturated carbocycles. The lowest BCUT2D eigenvalue weighted by atomic mass is 10.0. The maximum absolute atomic E-state index is 3.53. The summed E-state index contributed by atoms with van der Waals surface area (Å²) in [7, 11) is 0. The molecule has 1 aromatic heterocycles. The summed E-state index contributed by atoms with van der Waals surface area (Å²) in [6.07, 6.45) is 2.24. The second kappa shape index (κ2) is 3.38. The van der Waals surface area contributed by atoms with Gasteiger partial charge in [-0.15, -0.1) is 0 Å². The standard InChI is InChI=1S/C13H16N2/c1-2-9-3-4-12-10(7-9)11-8-14-6-5-13(11)15-12/h3-4,7,14-15H,2,5-6,8H2,1H3. The van der Waals surface area contributed by atoms with Crippen LogP contribution in [0.1, 0.15) is 23.7 Å². The number of H-pyrrole nitrogens is 1. The Labute approximate surface area is 89.7 Å². The van der Waals surface area contributed by atoms with Gasteiger partial charge in [0.05, 0.1) is 0 Å². The van der Waals surface area contributed by atoms with E-state index in [0.29, 0.717) is 0 Å². The molecular formula is C13H16N2. The number of benzene rings is 1. The average Bonchev–Trinajstić information content (AvgIpc) is 2.66. The van der Waals surface area contributed by atoms with Gasteiger partial charge < -0.3 is 10.3 Å². The number of fused-ring (bicyclic) bond motifs is 3. The molecule has 15 heavy (non-hydrogen) atoms. The lowest BCUT2D eigenvalue weighted by Gasteiger charge is -2.12. The molecule has 0 bridgehead atoms. The molecule has 2 heterocycles. The SMILES string of the molecule is CCc1ccc2[nH]c3c(c2c1)CNCC3. The highest BCUT2D eigenvalue weighted by molar-refractivity contribution is 5.85. The summed E-state index contributed by atoms with van der Waals surface area (Å²) >= 11 is 0. The van der Waals surface area contributed by atoms with E-state index < -0.39 is 0 Å². The Morgan fingerprint density at radius 1 is 1.33 bits per heavy atom. The second-order valence-corrected chi connectivity index (χ2v) is 4.24. The maximum Gasteiger partial charge on any atom is 0.0459 e. The van der Waals surface area contributed by atoms with Crippen LogP contribution in [0.5, 0.6) is 0 Å². The number of hydrogen-bond donors (Lipinski definition) is 2. The average molecular weight is 200 g/mol. The molecule has 3 rings (SSSR count). The Balaban J connectivity index is 2.24. The van der Waals surface area contributed by atoms with Gasteiger partial charge in [-0.25, -0.2) is 0 Å². The molecule has 2 nitrogen and oxygen atoms in total. The first-order valence-electron chi connectivity index (χ1n) is 5.71. The Bertz CT molecular complexity index is 496. The van der Waals surface area contributed by atoms with E-state index in [1.54, 1.807) is 0 Å². The summed E-state index contributed by atoms with van der Waals surface area (Å²) in [5.41, 5.74) is 5.62. The Morgan fingerprint density at radius 3 is 3.13 bits per heavy atom. The third-order valence-electron chi connectivity index (χ3n) is 3.32. The van der Waals surface area contributed by atoms with Crippen LogP contribution in [0.15, 0.2) is 18.2 Å². The summed E-state index contributed by atoms with van der Waals surface area (Å²) in [6, 6.07) is 6.77. The van der Waals surface area contributed by atoms with E-state index in [1.807, 2.05) is 0 Å². The van der Waals surface area contributed by atoms with Crippen molar-refractivity contribution in [1.29, 1.82) is 0 Å². The smallest absolute Gasteiger partial charge is 0.0459 e. The first kappa shape index (κ1) is 8.98. The molecule has 2 aromatic rings. The summed E-state index contributed by atoms with van der Waals surface area (Å²) in [4.78, 5) is 3.53. The van der Waals surface area contributed by atoms with Crippen LogP contribution in [-0.4, -0.2) is 11.5 Å². The Kier molecular flexibility index (Phi) is 2.03. The number of hydrogen-bond acceptors (Lipinski definition) is 1. The van der Waals surface area contributed by atoms with Crippen molar-refractivity contribution in [3.05, 3.63) is 35.0 Å². The minimum absolute atomic E-state index is 1.02. The summed E-state index contributed by atoms with van der Waals surface area (Å²) < 4.78 is 0. The van der Waals surface area contributed by atoms with Crippen LogP contribution < -0.4 is 5.32 Å². The first-order valence-corrected chi connectivity index (χ1v) is 5.71. The van der Waals surface area contributed by atoms with Gasteiger partial charge in [0, 0.05) is 36.1 Å². The van der Waals surface area contributed by atoms with Gasteiger partial charge in [-0.1, -0.05) is 13.0 Å². The van der Waals surface area contributed by atoms with Crippen LogP contribution in [0.4, 0.5) is 0 Å². The van der Waals surface area contributed by atoms with Gasteiger partial charge in [0.15, 0.2) is 0 Å². The van der Waals surface area contributed by atoms with E-state index in [9.17, 15) is 0 Å². The van der Waals surface area contributed by atoms with Crippen LogP contribution in [0, 0.1) is 0 Å². The number of nitrogens with one attached hydrogen (secondary N) is 2. The van der Waals surface area contributed by atoms with Gasteiger partial charge in [0.1, 0.15) is 0 Å². The third kappa shape index (κ3) is 1.37. The van der Waals surface area contributed by atoms with Gasteiger partial charge in [0.25, 0.3) is 0 Å². The highest BCUT2D eigenvalue weighted by Gasteiger charge is 2.14. The van der Waals surface area contributed by atoms with Crippen molar-refractivity contribution < 1.29 is 0 Å². The maximum atomic E-state index is 3.53. The summed E-state index contributed by atoms with van der Waals surface area (Å²) in [6.45, 7) is 4.32. The molecule has 1 aromatic carbocycles. The van der Waals surface area contributed by atoms with Crippen molar-refractivity contribution in [3.8, 4) is 0 Å². The minimum Gasteiger partial charge on any atom is -0.358 e. The number of rotatable bonds is 1. The first-order chi connectivity index (χ1) is 7.38. The molecule has 0 atom stereocenters. The van der Waals surface area contributed by atoms with E-state index in [0.717, 1.165) is 25.9 Å². The van der Waals surface area contributed by atoms with Crippen LogP contribution in [0.25, 0.3) is 10.9 Å². The topological polar surface area (TPSA) is 27.8 Å². The van der Waals surface area contributed by atoms with Crippen molar-refractivity contribution in [2.45, 2.75) is 26.3 Å². The predicted octanol–water partition coefficient (Wildman–Crippen LogP) is 2.38. The zero-order chi connectivity index (χ0) is 10.3. The number of aromatic nitrogens is 1. The van der Waals surface area contributed by atoms with Crippen LogP contribution in [0.3, 0.4) is 0 Å².